The lowest BCUT2D eigenvalue weighted by atomic mass is 9.73. The number of amides is 1. The predicted octanol–water partition coefficient (Wildman–Crippen LogP) is 5.70. The van der Waals surface area contributed by atoms with Crippen LogP contribution in [0.15, 0.2) is 64.5 Å². The maximum absolute atomic E-state index is 14.1. The Morgan fingerprint density at radius 3 is 1.92 bits per heavy atom. The number of halogens is 1. The van der Waals surface area contributed by atoms with E-state index >= 15 is 0 Å². The highest BCUT2D eigenvalue weighted by Gasteiger charge is 2.57. The van der Waals surface area contributed by atoms with E-state index in [2.05, 4.69) is 42.0 Å². The summed E-state index contributed by atoms with van der Waals surface area (Å²) in [4.78, 5) is 41.0. The molecule has 4 rings (SSSR count). The summed E-state index contributed by atoms with van der Waals surface area (Å²) in [5.74, 6) is -2.58. The molecule has 2 heterocycles. The van der Waals surface area contributed by atoms with Gasteiger partial charge in [0.15, 0.2) is 5.78 Å². The SMILES string of the molecule is Cc1c(Br)sc2c1C(=O)C(C(C)(C)C(=O)O[Si](c1ccccc1)(c1ccccc1)C(C)(C)C)C(=O)N2. The van der Waals surface area contributed by atoms with Gasteiger partial charge in [0.1, 0.15) is 10.9 Å². The smallest absolute Gasteiger partial charge is 0.323 e. The third-order valence-electron chi connectivity index (χ3n) is 7.01. The van der Waals surface area contributed by atoms with E-state index in [-0.39, 0.29) is 5.78 Å². The van der Waals surface area contributed by atoms with Gasteiger partial charge in [-0.3, -0.25) is 14.4 Å². The summed E-state index contributed by atoms with van der Waals surface area (Å²) < 4.78 is 7.46. The van der Waals surface area contributed by atoms with E-state index in [4.69, 9.17) is 4.43 Å². The molecule has 1 aromatic heterocycles. The first-order valence-corrected chi connectivity index (χ1v) is 15.3. The summed E-state index contributed by atoms with van der Waals surface area (Å²) in [5.41, 5.74) is -0.170. The minimum absolute atomic E-state index is 0.349. The number of rotatable bonds is 5. The zero-order chi connectivity index (χ0) is 26.5. The second kappa shape index (κ2) is 9.39. The summed E-state index contributed by atoms with van der Waals surface area (Å²) in [6.45, 7) is 11.3. The molecule has 1 atom stereocenters. The molecule has 0 bridgehead atoms. The molecule has 8 heteroatoms. The molecule has 1 unspecified atom stereocenters. The fraction of sp³-hybridized carbons (Fsp3) is 0.321. The van der Waals surface area contributed by atoms with E-state index in [9.17, 15) is 14.4 Å². The Balaban J connectivity index is 1.82. The van der Waals surface area contributed by atoms with Gasteiger partial charge in [-0.2, -0.15) is 0 Å². The number of carbonyl (C=O) groups excluding carboxylic acids is 3. The van der Waals surface area contributed by atoms with Gasteiger partial charge in [-0.15, -0.1) is 11.3 Å². The van der Waals surface area contributed by atoms with Crippen molar-refractivity contribution < 1.29 is 18.8 Å². The van der Waals surface area contributed by atoms with Gasteiger partial charge >= 0.3 is 8.32 Å². The number of nitrogens with one attached hydrogen (secondary N) is 1. The molecule has 188 valence electrons. The molecule has 0 saturated carbocycles. The lowest BCUT2D eigenvalue weighted by molar-refractivity contribution is -0.149. The van der Waals surface area contributed by atoms with Crippen LogP contribution in [0, 0.1) is 18.3 Å². The third-order valence-corrected chi connectivity index (χ3v) is 14.0. The van der Waals surface area contributed by atoms with Crippen molar-refractivity contribution in [1.29, 1.82) is 0 Å². The topological polar surface area (TPSA) is 72.5 Å². The third kappa shape index (κ3) is 4.19. The monoisotopic (exact) mass is 583 g/mol. The number of Topliss-reactive ketones (excluding diaryl/α,β-unsaturated/α-hetero) is 1. The van der Waals surface area contributed by atoms with Crippen molar-refractivity contribution >= 4 is 68.6 Å². The highest BCUT2D eigenvalue weighted by atomic mass is 79.9. The summed E-state index contributed by atoms with van der Waals surface area (Å²) in [6.07, 6.45) is 0. The van der Waals surface area contributed by atoms with E-state index in [0.717, 1.165) is 19.7 Å². The van der Waals surface area contributed by atoms with Gasteiger partial charge in [0, 0.05) is 0 Å². The molecule has 5 nitrogen and oxygen atoms in total. The van der Waals surface area contributed by atoms with Gasteiger partial charge in [0.25, 0.3) is 5.97 Å². The molecule has 0 spiro atoms. The molecule has 1 amide bonds. The molecule has 1 aliphatic heterocycles. The maximum Gasteiger partial charge on any atom is 0.323 e. The Morgan fingerprint density at radius 2 is 1.44 bits per heavy atom. The fourth-order valence-electron chi connectivity index (χ4n) is 5.01. The van der Waals surface area contributed by atoms with Crippen LogP contribution in [0.3, 0.4) is 0 Å². The van der Waals surface area contributed by atoms with Crippen LogP contribution in [0.1, 0.15) is 50.5 Å². The number of fused-ring (bicyclic) bond motifs is 1. The number of carbonyl (C=O) groups is 3. The summed E-state index contributed by atoms with van der Waals surface area (Å²) >= 11 is 4.77. The molecule has 1 aliphatic rings. The zero-order valence-electron chi connectivity index (χ0n) is 21.3. The fourth-order valence-corrected chi connectivity index (χ4v) is 11.1. The normalized spacial score (nSPS) is 16.4. The van der Waals surface area contributed by atoms with Crippen LogP contribution in [0.5, 0.6) is 0 Å². The summed E-state index contributed by atoms with van der Waals surface area (Å²) in [7, 11) is -3.21. The first kappa shape index (κ1) is 26.5. The highest BCUT2D eigenvalue weighted by molar-refractivity contribution is 9.11. The largest absolute Gasteiger partial charge is 0.509 e. The molecule has 2 aromatic carbocycles. The Hall–Kier alpha value is -2.55. The zero-order valence-corrected chi connectivity index (χ0v) is 24.7. The molecule has 0 aliphatic carbocycles. The Labute approximate surface area is 225 Å². The lowest BCUT2D eigenvalue weighted by Crippen LogP contribution is -2.68. The number of anilines is 1. The number of hydrogen-bond acceptors (Lipinski definition) is 5. The van der Waals surface area contributed by atoms with Gasteiger partial charge in [-0.25, -0.2) is 0 Å². The Bertz CT molecular complexity index is 1290. The summed E-state index contributed by atoms with van der Waals surface area (Å²) in [6, 6.07) is 19.7. The molecule has 0 saturated heterocycles. The quantitative estimate of drug-likeness (QED) is 0.309. The Kier molecular flexibility index (Phi) is 6.92. The first-order chi connectivity index (χ1) is 16.8. The number of hydrogen-bond donors (Lipinski definition) is 1. The average Bonchev–Trinajstić information content (AvgIpc) is 3.10. The van der Waals surface area contributed by atoms with Crippen LogP contribution in [-0.4, -0.2) is 26.0 Å². The van der Waals surface area contributed by atoms with Gasteiger partial charge in [-0.1, -0.05) is 81.4 Å². The number of benzene rings is 2. The lowest BCUT2D eigenvalue weighted by Gasteiger charge is -2.44. The standard InChI is InChI=1S/C28H30BrNO4SSi/c1-17-20-22(31)21(24(32)30-25(20)35-23(17)29)28(5,6)26(33)34-36(27(2,3)4,18-13-9-7-10-14-18)19-15-11-8-12-16-19/h7-16,21H,1-6H3,(H,30,32). The molecular weight excluding hydrogens is 554 g/mol. The molecule has 1 N–H and O–H groups in total. The molecule has 3 aromatic rings. The van der Waals surface area contributed by atoms with Crippen LogP contribution in [0.4, 0.5) is 5.00 Å². The number of thiophene rings is 1. The van der Waals surface area contributed by atoms with Crippen molar-refractivity contribution in [2.75, 3.05) is 5.32 Å². The first-order valence-electron chi connectivity index (χ1n) is 11.8. The maximum atomic E-state index is 14.1. The van der Waals surface area contributed by atoms with Crippen LogP contribution in [-0.2, 0) is 14.0 Å². The predicted molar refractivity (Wildman–Crippen MR) is 151 cm³/mol. The minimum Gasteiger partial charge on any atom is -0.509 e. The molecule has 36 heavy (non-hydrogen) atoms. The van der Waals surface area contributed by atoms with Crippen LogP contribution in [0.25, 0.3) is 0 Å². The minimum atomic E-state index is -3.21. The van der Waals surface area contributed by atoms with E-state index in [0.29, 0.717) is 10.6 Å². The van der Waals surface area contributed by atoms with Gasteiger partial charge < -0.3 is 9.74 Å². The van der Waals surface area contributed by atoms with Crippen molar-refractivity contribution in [3.63, 3.8) is 0 Å². The molecular formula is C28H30BrNO4SSi. The highest BCUT2D eigenvalue weighted by Crippen LogP contribution is 2.46. The van der Waals surface area contributed by atoms with Crippen molar-refractivity contribution in [1.82, 2.24) is 0 Å². The average molecular weight is 585 g/mol. The van der Waals surface area contributed by atoms with Gasteiger partial charge in [0.2, 0.25) is 5.91 Å². The van der Waals surface area contributed by atoms with E-state index in [1.807, 2.05) is 67.6 Å². The van der Waals surface area contributed by atoms with Crippen molar-refractivity contribution in [2.24, 2.45) is 11.3 Å². The van der Waals surface area contributed by atoms with Crippen molar-refractivity contribution in [2.45, 2.75) is 46.6 Å². The van der Waals surface area contributed by atoms with Gasteiger partial charge in [-0.05, 0) is 57.7 Å². The van der Waals surface area contributed by atoms with Gasteiger partial charge in [0.05, 0.1) is 14.8 Å². The van der Waals surface area contributed by atoms with Crippen molar-refractivity contribution in [3.05, 3.63) is 75.6 Å². The second-order valence-electron chi connectivity index (χ2n) is 10.8. The van der Waals surface area contributed by atoms with E-state index in [1.165, 1.54) is 11.3 Å². The van der Waals surface area contributed by atoms with E-state index < -0.39 is 36.6 Å². The second-order valence-corrected chi connectivity index (χ2v) is 17.3. The molecule has 0 fully saturated rings. The Morgan fingerprint density at radius 1 is 0.944 bits per heavy atom. The van der Waals surface area contributed by atoms with E-state index in [1.54, 1.807) is 13.8 Å². The summed E-state index contributed by atoms with van der Waals surface area (Å²) in [5, 5.41) is 4.84. The van der Waals surface area contributed by atoms with Crippen LogP contribution < -0.4 is 15.7 Å². The molecule has 0 radical (unpaired) electrons. The number of ketones is 1. The van der Waals surface area contributed by atoms with Crippen LogP contribution in [0.2, 0.25) is 5.04 Å². The van der Waals surface area contributed by atoms with Crippen LogP contribution >= 0.6 is 27.3 Å². The van der Waals surface area contributed by atoms with Crippen molar-refractivity contribution in [3.8, 4) is 0 Å².